The Hall–Kier alpha value is -2.90. The van der Waals surface area contributed by atoms with Crippen LogP contribution in [0, 0.1) is 13.8 Å². The van der Waals surface area contributed by atoms with Gasteiger partial charge in [0.15, 0.2) is 0 Å². The Morgan fingerprint density at radius 3 is 2.79 bits per heavy atom. The van der Waals surface area contributed by atoms with Crippen LogP contribution in [0.15, 0.2) is 30.6 Å². The lowest BCUT2D eigenvalue weighted by Crippen LogP contribution is -2.47. The molecule has 1 saturated carbocycles. The number of nitrogens with one attached hydrogen (secondary N) is 1. The van der Waals surface area contributed by atoms with E-state index in [0.29, 0.717) is 18.7 Å². The van der Waals surface area contributed by atoms with Gasteiger partial charge in [-0.25, -0.2) is 0 Å². The van der Waals surface area contributed by atoms with Crippen molar-refractivity contribution in [2.45, 2.75) is 57.8 Å². The first-order valence-electron chi connectivity index (χ1n) is 9.67. The number of pyridine rings is 1. The molecule has 0 bridgehead atoms. The van der Waals surface area contributed by atoms with Gasteiger partial charge >= 0.3 is 0 Å². The topological polar surface area (TPSA) is 89.4 Å². The first kappa shape index (κ1) is 18.5. The molecule has 4 rings (SSSR count). The fourth-order valence-corrected chi connectivity index (χ4v) is 3.60. The number of hydrogen-bond donors (Lipinski definition) is 1. The van der Waals surface area contributed by atoms with Crippen LogP contribution in [0.25, 0.3) is 0 Å². The van der Waals surface area contributed by atoms with Crippen LogP contribution in [0.1, 0.15) is 30.7 Å². The molecule has 0 unspecified atom stereocenters. The van der Waals surface area contributed by atoms with Crippen molar-refractivity contribution < 1.29 is 14.3 Å². The fourth-order valence-electron chi connectivity index (χ4n) is 3.60. The van der Waals surface area contributed by atoms with Gasteiger partial charge in [-0.2, -0.15) is 5.10 Å². The number of carbonyl (C=O) groups is 2. The first-order valence-corrected chi connectivity index (χ1v) is 9.67. The Labute approximate surface area is 163 Å². The number of aryl methyl sites for hydroxylation is 2. The third kappa shape index (κ3) is 4.16. The summed E-state index contributed by atoms with van der Waals surface area (Å²) in [5, 5.41) is 7.39. The van der Waals surface area contributed by atoms with Gasteiger partial charge in [-0.3, -0.25) is 19.3 Å². The van der Waals surface area contributed by atoms with Crippen LogP contribution in [0.5, 0.6) is 5.75 Å². The van der Waals surface area contributed by atoms with Gasteiger partial charge in [0.2, 0.25) is 11.8 Å². The highest BCUT2D eigenvalue weighted by atomic mass is 16.5. The Morgan fingerprint density at radius 2 is 2.14 bits per heavy atom. The van der Waals surface area contributed by atoms with Crippen molar-refractivity contribution in [2.24, 2.45) is 0 Å². The highest BCUT2D eigenvalue weighted by Crippen LogP contribution is 2.25. The number of nitrogens with zero attached hydrogens (tertiary/aromatic N) is 4. The van der Waals surface area contributed by atoms with Gasteiger partial charge < -0.3 is 15.0 Å². The maximum atomic E-state index is 13.0. The largest absolute Gasteiger partial charge is 0.487 e. The van der Waals surface area contributed by atoms with Crippen molar-refractivity contribution in [3.05, 3.63) is 42.0 Å². The van der Waals surface area contributed by atoms with E-state index in [1.807, 2.05) is 26.0 Å². The molecule has 2 amide bonds. The van der Waals surface area contributed by atoms with E-state index in [1.54, 1.807) is 28.0 Å². The molecule has 1 aliphatic carbocycles. The smallest absolute Gasteiger partial charge is 0.245 e. The van der Waals surface area contributed by atoms with E-state index in [1.165, 1.54) is 0 Å². The van der Waals surface area contributed by atoms with E-state index in [2.05, 4.69) is 15.4 Å². The summed E-state index contributed by atoms with van der Waals surface area (Å²) in [7, 11) is 0. The second kappa shape index (κ2) is 7.61. The molecular formula is C20H25N5O3. The summed E-state index contributed by atoms with van der Waals surface area (Å²) in [6.07, 6.45) is 5.55. The SMILES string of the molecule is Cc1cc(C)n(CC(=O)N2C[C@@H](Oc3cccnc3)C[C@H]2C(=O)NC2CC2)n1. The lowest BCUT2D eigenvalue weighted by molar-refractivity contribution is -0.139. The third-order valence-electron chi connectivity index (χ3n) is 5.13. The zero-order valence-corrected chi connectivity index (χ0v) is 16.2. The Morgan fingerprint density at radius 1 is 1.32 bits per heavy atom. The van der Waals surface area contributed by atoms with Gasteiger partial charge in [0.25, 0.3) is 0 Å². The van der Waals surface area contributed by atoms with Gasteiger partial charge in [-0.15, -0.1) is 0 Å². The minimum atomic E-state index is -0.522. The maximum Gasteiger partial charge on any atom is 0.245 e. The van der Waals surface area contributed by atoms with Crippen LogP contribution in [0.2, 0.25) is 0 Å². The summed E-state index contributed by atoms with van der Waals surface area (Å²) >= 11 is 0. The molecule has 2 atom stereocenters. The molecule has 3 heterocycles. The zero-order valence-electron chi connectivity index (χ0n) is 16.2. The average molecular weight is 383 g/mol. The van der Waals surface area contributed by atoms with Gasteiger partial charge in [0.05, 0.1) is 18.4 Å². The zero-order chi connectivity index (χ0) is 19.7. The minimum absolute atomic E-state index is 0.0958. The molecule has 148 valence electrons. The Bertz CT molecular complexity index is 862. The minimum Gasteiger partial charge on any atom is -0.487 e. The first-order chi connectivity index (χ1) is 13.5. The molecule has 2 aromatic rings. The number of amides is 2. The molecule has 8 nitrogen and oxygen atoms in total. The van der Waals surface area contributed by atoms with Crippen molar-refractivity contribution in [1.82, 2.24) is 25.0 Å². The fraction of sp³-hybridized carbons (Fsp3) is 0.500. The average Bonchev–Trinajstić information content (AvgIpc) is 3.28. The van der Waals surface area contributed by atoms with Crippen LogP contribution in [-0.4, -0.2) is 56.2 Å². The Balaban J connectivity index is 1.48. The van der Waals surface area contributed by atoms with Gasteiger partial charge in [-0.05, 0) is 44.9 Å². The predicted octanol–water partition coefficient (Wildman–Crippen LogP) is 1.22. The van der Waals surface area contributed by atoms with Crippen molar-refractivity contribution in [3.8, 4) is 5.75 Å². The van der Waals surface area contributed by atoms with E-state index in [4.69, 9.17) is 4.74 Å². The van der Waals surface area contributed by atoms with Gasteiger partial charge in [-0.1, -0.05) is 0 Å². The standard InChI is InChI=1S/C20H25N5O3/c1-13-8-14(2)25(23-13)12-19(26)24-11-17(28-16-4-3-7-21-10-16)9-18(24)20(27)22-15-5-6-15/h3-4,7-8,10,15,17-18H,5-6,9,11-12H2,1-2H3,(H,22,27)/t17-,18-/m0/s1. The molecular weight excluding hydrogens is 358 g/mol. The van der Waals surface area contributed by atoms with Crippen LogP contribution >= 0.6 is 0 Å². The summed E-state index contributed by atoms with van der Waals surface area (Å²) in [6.45, 7) is 4.30. The molecule has 2 aliphatic rings. The normalized spacial score (nSPS) is 21.6. The summed E-state index contributed by atoms with van der Waals surface area (Å²) in [6, 6.07) is 5.29. The van der Waals surface area contributed by atoms with Crippen LogP contribution < -0.4 is 10.1 Å². The third-order valence-corrected chi connectivity index (χ3v) is 5.13. The second-order valence-electron chi connectivity index (χ2n) is 7.59. The van der Waals surface area contributed by atoms with E-state index in [0.717, 1.165) is 24.2 Å². The summed E-state index contributed by atoms with van der Waals surface area (Å²) in [4.78, 5) is 31.4. The number of hydrogen-bond acceptors (Lipinski definition) is 5. The molecule has 2 aromatic heterocycles. The van der Waals surface area contributed by atoms with E-state index in [9.17, 15) is 9.59 Å². The van der Waals surface area contributed by atoms with Crippen LogP contribution in [0.3, 0.4) is 0 Å². The molecule has 1 aliphatic heterocycles. The maximum absolute atomic E-state index is 13.0. The number of ether oxygens (including phenoxy) is 1. The molecule has 1 N–H and O–H groups in total. The highest BCUT2D eigenvalue weighted by molar-refractivity contribution is 5.88. The van der Waals surface area contributed by atoms with E-state index < -0.39 is 6.04 Å². The number of rotatable bonds is 6. The molecule has 1 saturated heterocycles. The molecule has 2 fully saturated rings. The lowest BCUT2D eigenvalue weighted by Gasteiger charge is -2.23. The summed E-state index contributed by atoms with van der Waals surface area (Å²) in [5.41, 5.74) is 1.79. The second-order valence-corrected chi connectivity index (χ2v) is 7.59. The molecule has 0 aromatic carbocycles. The van der Waals surface area contributed by atoms with Crippen molar-refractivity contribution in [2.75, 3.05) is 6.54 Å². The Kier molecular flexibility index (Phi) is 5.02. The van der Waals surface area contributed by atoms with Crippen LogP contribution in [-0.2, 0) is 16.1 Å². The number of likely N-dealkylation sites (tertiary alicyclic amines) is 1. The quantitative estimate of drug-likeness (QED) is 0.810. The van der Waals surface area contributed by atoms with Crippen molar-refractivity contribution in [1.29, 1.82) is 0 Å². The summed E-state index contributed by atoms with van der Waals surface area (Å²) < 4.78 is 7.66. The summed E-state index contributed by atoms with van der Waals surface area (Å²) in [5.74, 6) is 0.419. The van der Waals surface area contributed by atoms with Gasteiger partial charge in [0, 0.05) is 24.4 Å². The molecule has 8 heteroatoms. The molecule has 28 heavy (non-hydrogen) atoms. The number of aromatic nitrogens is 3. The van der Waals surface area contributed by atoms with Crippen molar-refractivity contribution >= 4 is 11.8 Å². The lowest BCUT2D eigenvalue weighted by atomic mass is 10.2. The molecule has 0 radical (unpaired) electrons. The monoisotopic (exact) mass is 383 g/mol. The highest BCUT2D eigenvalue weighted by Gasteiger charge is 2.42. The molecule has 0 spiro atoms. The number of carbonyl (C=O) groups excluding carboxylic acids is 2. The van der Waals surface area contributed by atoms with Gasteiger partial charge in [0.1, 0.15) is 24.4 Å². The van der Waals surface area contributed by atoms with Crippen LogP contribution in [0.4, 0.5) is 0 Å². The predicted molar refractivity (Wildman–Crippen MR) is 102 cm³/mol. The van der Waals surface area contributed by atoms with E-state index in [-0.39, 0.29) is 30.5 Å². The van der Waals surface area contributed by atoms with E-state index >= 15 is 0 Å². The van der Waals surface area contributed by atoms with Crippen molar-refractivity contribution in [3.63, 3.8) is 0 Å².